The average molecular weight is 353 g/mol. The monoisotopic (exact) mass is 353 g/mol. The quantitative estimate of drug-likeness (QED) is 0.632. The molecule has 0 radical (unpaired) electrons. The van der Waals surface area contributed by atoms with Crippen molar-refractivity contribution in [1.29, 1.82) is 0 Å². The van der Waals surface area contributed by atoms with E-state index in [0.29, 0.717) is 18.6 Å². The zero-order valence-electron chi connectivity index (χ0n) is 13.3. The Bertz CT molecular complexity index is 863. The third-order valence-corrected chi connectivity index (χ3v) is 4.82. The number of nitrogens with one attached hydrogen (secondary N) is 1. The van der Waals surface area contributed by atoms with Gasteiger partial charge in [0.1, 0.15) is 0 Å². The fourth-order valence-corrected chi connectivity index (χ4v) is 3.87. The van der Waals surface area contributed by atoms with Crippen LogP contribution in [0.1, 0.15) is 12.8 Å². The van der Waals surface area contributed by atoms with Gasteiger partial charge in [-0.3, -0.25) is 19.7 Å². The van der Waals surface area contributed by atoms with Gasteiger partial charge in [-0.15, -0.1) is 0 Å². The number of benzene rings is 1. The van der Waals surface area contributed by atoms with Crippen molar-refractivity contribution in [3.05, 3.63) is 34.5 Å². The van der Waals surface area contributed by atoms with Gasteiger partial charge in [-0.1, -0.05) is 0 Å². The Morgan fingerprint density at radius 3 is 2.96 bits per heavy atom. The van der Waals surface area contributed by atoms with Crippen molar-refractivity contribution in [3.8, 4) is 0 Å². The van der Waals surface area contributed by atoms with Crippen LogP contribution in [0.15, 0.2) is 24.4 Å². The van der Waals surface area contributed by atoms with Crippen LogP contribution in [0.2, 0.25) is 0 Å². The van der Waals surface area contributed by atoms with Crippen molar-refractivity contribution in [2.45, 2.75) is 25.6 Å². The Labute approximate surface area is 139 Å². The topological polar surface area (TPSA) is 110 Å². The van der Waals surface area contributed by atoms with Crippen LogP contribution in [0.3, 0.4) is 0 Å². The first kappa shape index (κ1) is 16.8. The summed E-state index contributed by atoms with van der Waals surface area (Å²) in [6.07, 6.45) is 4.49. The van der Waals surface area contributed by atoms with E-state index in [9.17, 15) is 18.5 Å². The van der Waals surface area contributed by atoms with Gasteiger partial charge in [0.25, 0.3) is 5.69 Å². The fraction of sp³-hybridized carbons (Fsp3) is 0.500. The Balaban J connectivity index is 1.74. The second kappa shape index (κ2) is 6.46. The average Bonchev–Trinajstić information content (AvgIpc) is 2.88. The molecule has 1 atom stereocenters. The maximum atomic E-state index is 11.4. The first-order valence-corrected chi connectivity index (χ1v) is 9.50. The summed E-state index contributed by atoms with van der Waals surface area (Å²) in [6, 6.07) is 4.56. The van der Waals surface area contributed by atoms with Crippen molar-refractivity contribution in [2.75, 3.05) is 19.3 Å². The number of piperidine rings is 1. The first-order chi connectivity index (χ1) is 11.3. The number of fused-ring (bicyclic) bond motifs is 1. The number of nitro benzene ring substituents is 1. The summed E-state index contributed by atoms with van der Waals surface area (Å²) in [5, 5.41) is 15.9. The highest BCUT2D eigenvalue weighted by Gasteiger charge is 2.23. The number of hydrogen-bond acceptors (Lipinski definition) is 6. The molecule has 1 N–H and O–H groups in total. The van der Waals surface area contributed by atoms with Crippen molar-refractivity contribution in [1.82, 2.24) is 19.4 Å². The maximum absolute atomic E-state index is 11.4. The second-order valence-electron chi connectivity index (χ2n) is 6.09. The van der Waals surface area contributed by atoms with E-state index >= 15 is 0 Å². The normalized spacial score (nSPS) is 19.6. The molecule has 0 aliphatic carbocycles. The number of sulfonamides is 1. The van der Waals surface area contributed by atoms with E-state index in [4.69, 9.17) is 0 Å². The van der Waals surface area contributed by atoms with E-state index in [1.165, 1.54) is 18.4 Å². The van der Waals surface area contributed by atoms with E-state index in [-0.39, 0.29) is 11.7 Å². The smallest absolute Gasteiger partial charge is 0.270 e. The summed E-state index contributed by atoms with van der Waals surface area (Å²) in [6.45, 7) is 1.99. The number of nitrogens with zero attached hydrogens (tertiary/aromatic N) is 4. The van der Waals surface area contributed by atoms with Gasteiger partial charge >= 0.3 is 0 Å². The van der Waals surface area contributed by atoms with Crippen LogP contribution in [0, 0.1) is 10.1 Å². The van der Waals surface area contributed by atoms with Gasteiger partial charge in [0.05, 0.1) is 29.6 Å². The van der Waals surface area contributed by atoms with Crippen molar-refractivity contribution in [3.63, 3.8) is 0 Å². The Hall–Kier alpha value is -2.04. The maximum Gasteiger partial charge on any atom is 0.270 e. The van der Waals surface area contributed by atoms with Crippen LogP contribution in [-0.4, -0.2) is 53.4 Å². The van der Waals surface area contributed by atoms with E-state index in [1.807, 2.05) is 0 Å². The fourth-order valence-electron chi connectivity index (χ4n) is 3.07. The lowest BCUT2D eigenvalue weighted by Crippen LogP contribution is -2.47. The van der Waals surface area contributed by atoms with E-state index < -0.39 is 14.9 Å². The van der Waals surface area contributed by atoms with Gasteiger partial charge in [0.15, 0.2) is 0 Å². The molecule has 1 aliphatic heterocycles. The highest BCUT2D eigenvalue weighted by molar-refractivity contribution is 7.88. The van der Waals surface area contributed by atoms with Gasteiger partial charge in [-0.25, -0.2) is 13.1 Å². The third kappa shape index (κ3) is 3.89. The number of likely N-dealkylation sites (tertiary alicyclic amines) is 1. The van der Waals surface area contributed by atoms with Crippen LogP contribution in [0.25, 0.3) is 10.9 Å². The second-order valence-corrected chi connectivity index (χ2v) is 7.87. The van der Waals surface area contributed by atoms with Crippen molar-refractivity contribution < 1.29 is 13.3 Å². The molecule has 10 heteroatoms. The zero-order chi connectivity index (χ0) is 17.3. The zero-order valence-corrected chi connectivity index (χ0v) is 14.1. The molecule has 9 nitrogen and oxygen atoms in total. The lowest BCUT2D eigenvalue weighted by Gasteiger charge is -2.32. The molecule has 0 spiro atoms. The summed E-state index contributed by atoms with van der Waals surface area (Å²) in [4.78, 5) is 12.5. The molecule has 24 heavy (non-hydrogen) atoms. The number of rotatable bonds is 5. The predicted molar refractivity (Wildman–Crippen MR) is 89.0 cm³/mol. The molecule has 1 aromatic carbocycles. The summed E-state index contributed by atoms with van der Waals surface area (Å²) in [7, 11) is -3.22. The molecular formula is C14H19N5O4S. The Morgan fingerprint density at radius 1 is 1.46 bits per heavy atom. The summed E-state index contributed by atoms with van der Waals surface area (Å²) in [5.41, 5.74) is 0.858. The van der Waals surface area contributed by atoms with Crippen molar-refractivity contribution in [2.24, 2.45) is 0 Å². The molecule has 0 bridgehead atoms. The highest BCUT2D eigenvalue weighted by Crippen LogP contribution is 2.21. The van der Waals surface area contributed by atoms with E-state index in [2.05, 4.69) is 14.7 Å². The Morgan fingerprint density at radius 2 is 2.25 bits per heavy atom. The van der Waals surface area contributed by atoms with Gasteiger partial charge < -0.3 is 0 Å². The molecule has 2 aromatic rings. The van der Waals surface area contributed by atoms with Crippen LogP contribution >= 0.6 is 0 Å². The van der Waals surface area contributed by atoms with E-state index in [0.717, 1.165) is 24.9 Å². The Kier molecular flexibility index (Phi) is 4.52. The number of aromatic nitrogens is 2. The molecule has 0 unspecified atom stereocenters. The molecule has 0 saturated carbocycles. The molecule has 1 aliphatic rings. The molecule has 2 heterocycles. The minimum Gasteiger partial charge on any atom is -0.283 e. The standard InChI is InChI=1S/C14H19N5O4S/c1-24(22,23)16-12-3-2-6-17(9-12)10-18-14-5-4-13(19(20)21)7-11(14)8-15-18/h4-5,7-8,12,16H,2-3,6,9-10H2,1H3/t12-/m1/s1. The summed E-state index contributed by atoms with van der Waals surface area (Å²) in [5.74, 6) is 0. The largest absolute Gasteiger partial charge is 0.283 e. The lowest BCUT2D eigenvalue weighted by atomic mass is 10.1. The molecule has 1 saturated heterocycles. The third-order valence-electron chi connectivity index (χ3n) is 4.06. The van der Waals surface area contributed by atoms with Crippen LogP contribution in [-0.2, 0) is 16.7 Å². The van der Waals surface area contributed by atoms with Crippen LogP contribution < -0.4 is 4.72 Å². The number of hydrogen-bond donors (Lipinski definition) is 1. The number of nitro groups is 1. The minimum atomic E-state index is -3.22. The first-order valence-electron chi connectivity index (χ1n) is 7.61. The van der Waals surface area contributed by atoms with E-state index in [1.54, 1.807) is 16.9 Å². The predicted octanol–water partition coefficient (Wildman–Crippen LogP) is 0.916. The molecular weight excluding hydrogens is 334 g/mol. The molecule has 130 valence electrons. The molecule has 3 rings (SSSR count). The van der Waals surface area contributed by atoms with Crippen LogP contribution in [0.5, 0.6) is 0 Å². The van der Waals surface area contributed by atoms with Crippen molar-refractivity contribution >= 4 is 26.6 Å². The van der Waals surface area contributed by atoms with Gasteiger partial charge in [0.2, 0.25) is 10.0 Å². The summed E-state index contributed by atoms with van der Waals surface area (Å²) >= 11 is 0. The SMILES string of the molecule is CS(=O)(=O)N[C@@H]1CCCN(Cn2ncc3cc([N+](=O)[O-])ccc32)C1. The highest BCUT2D eigenvalue weighted by atomic mass is 32.2. The van der Waals surface area contributed by atoms with Crippen LogP contribution in [0.4, 0.5) is 5.69 Å². The van der Waals surface area contributed by atoms with Gasteiger partial charge in [0, 0.05) is 36.7 Å². The van der Waals surface area contributed by atoms with Gasteiger partial charge in [-0.2, -0.15) is 5.10 Å². The molecule has 1 aromatic heterocycles. The lowest BCUT2D eigenvalue weighted by molar-refractivity contribution is -0.384. The van der Waals surface area contributed by atoms with Gasteiger partial charge in [-0.05, 0) is 18.9 Å². The summed E-state index contributed by atoms with van der Waals surface area (Å²) < 4.78 is 27.2. The molecule has 0 amide bonds. The molecule has 1 fully saturated rings. The number of non-ortho nitro benzene ring substituents is 1. The minimum absolute atomic E-state index is 0.0393.